The van der Waals surface area contributed by atoms with Gasteiger partial charge in [0.15, 0.2) is 0 Å². The first kappa shape index (κ1) is 12.0. The van der Waals surface area contributed by atoms with Crippen molar-refractivity contribution in [3.8, 4) is 0 Å². The Morgan fingerprint density at radius 1 is 1.35 bits per heavy atom. The van der Waals surface area contributed by atoms with Gasteiger partial charge in [-0.15, -0.1) is 0 Å². The monoisotopic (exact) mass is 237 g/mol. The van der Waals surface area contributed by atoms with Gasteiger partial charge < -0.3 is 5.11 Å². The molecule has 1 fully saturated rings. The molecule has 0 aromatic heterocycles. The minimum Gasteiger partial charge on any atom is -0.480 e. The molecule has 3 nitrogen and oxygen atoms in total. The molecule has 0 unspecified atom stereocenters. The number of rotatable bonds is 3. The molecule has 0 amide bonds. The second kappa shape index (κ2) is 5.27. The first-order valence-electron chi connectivity index (χ1n) is 5.81. The maximum Gasteiger partial charge on any atom is 0.320 e. The zero-order valence-corrected chi connectivity index (χ0v) is 9.55. The number of benzene rings is 1. The quantitative estimate of drug-likeness (QED) is 0.875. The predicted molar refractivity (Wildman–Crippen MR) is 62.4 cm³/mol. The maximum absolute atomic E-state index is 13.3. The minimum absolute atomic E-state index is 0.214. The number of likely N-dealkylation sites (tertiary alicyclic amines) is 1. The smallest absolute Gasteiger partial charge is 0.320 e. The molecule has 92 valence electrons. The SMILES string of the molecule is O=C(O)[C@@H]1CC[C@@H](F)CN1Cc1ccccc1. The van der Waals surface area contributed by atoms with E-state index in [1.165, 1.54) is 0 Å². The molecule has 1 aromatic carbocycles. The zero-order chi connectivity index (χ0) is 12.3. The summed E-state index contributed by atoms with van der Waals surface area (Å²) < 4.78 is 13.3. The molecule has 1 N–H and O–H groups in total. The number of carbonyl (C=O) groups is 1. The van der Waals surface area contributed by atoms with Crippen molar-refractivity contribution in [2.45, 2.75) is 31.6 Å². The lowest BCUT2D eigenvalue weighted by molar-refractivity contribution is -0.145. The summed E-state index contributed by atoms with van der Waals surface area (Å²) in [6.45, 7) is 0.712. The van der Waals surface area contributed by atoms with E-state index < -0.39 is 18.2 Å². The third-order valence-electron chi connectivity index (χ3n) is 3.14. The summed E-state index contributed by atoms with van der Waals surface area (Å²) in [6.07, 6.45) is -0.166. The number of alkyl halides is 1. The minimum atomic E-state index is -0.908. The van der Waals surface area contributed by atoms with Crippen LogP contribution in [0.3, 0.4) is 0 Å². The van der Waals surface area contributed by atoms with Gasteiger partial charge in [-0.3, -0.25) is 9.69 Å². The van der Waals surface area contributed by atoms with Crippen molar-refractivity contribution in [1.29, 1.82) is 0 Å². The van der Waals surface area contributed by atoms with E-state index in [2.05, 4.69) is 0 Å². The van der Waals surface area contributed by atoms with E-state index in [4.69, 9.17) is 5.11 Å². The van der Waals surface area contributed by atoms with Crippen LogP contribution in [0.15, 0.2) is 30.3 Å². The van der Waals surface area contributed by atoms with Crippen molar-refractivity contribution in [3.05, 3.63) is 35.9 Å². The zero-order valence-electron chi connectivity index (χ0n) is 9.55. The molecule has 1 saturated heterocycles. The molecule has 0 spiro atoms. The van der Waals surface area contributed by atoms with Crippen LogP contribution in [-0.2, 0) is 11.3 Å². The first-order valence-corrected chi connectivity index (χ1v) is 5.81. The molecule has 4 heteroatoms. The van der Waals surface area contributed by atoms with Crippen LogP contribution in [0.5, 0.6) is 0 Å². The standard InChI is InChI=1S/C13H16FNO2/c14-11-6-7-12(13(16)17)15(9-11)8-10-4-2-1-3-5-10/h1-5,11-12H,6-9H2,(H,16,17)/t11-,12+/m1/s1. The first-order chi connectivity index (χ1) is 8.16. The largest absolute Gasteiger partial charge is 0.480 e. The van der Waals surface area contributed by atoms with E-state index in [0.717, 1.165) is 5.56 Å². The fourth-order valence-corrected chi connectivity index (χ4v) is 2.27. The Hall–Kier alpha value is -1.42. The number of nitrogens with zero attached hydrogens (tertiary/aromatic N) is 1. The molecule has 1 aromatic rings. The van der Waals surface area contributed by atoms with Gasteiger partial charge in [-0.05, 0) is 18.4 Å². The van der Waals surface area contributed by atoms with Gasteiger partial charge in [0.2, 0.25) is 0 Å². The highest BCUT2D eigenvalue weighted by molar-refractivity contribution is 5.73. The molecular formula is C13H16FNO2. The Morgan fingerprint density at radius 3 is 2.71 bits per heavy atom. The second-order valence-corrected chi connectivity index (χ2v) is 4.44. The lowest BCUT2D eigenvalue weighted by Gasteiger charge is -2.34. The number of aliphatic carboxylic acids is 1. The van der Waals surface area contributed by atoms with Gasteiger partial charge in [-0.25, -0.2) is 4.39 Å². The average molecular weight is 237 g/mol. The van der Waals surface area contributed by atoms with Crippen LogP contribution in [0.1, 0.15) is 18.4 Å². The predicted octanol–water partition coefficient (Wildman–Crippen LogP) is 2.07. The van der Waals surface area contributed by atoms with Gasteiger partial charge >= 0.3 is 5.97 Å². The van der Waals surface area contributed by atoms with E-state index in [1.807, 2.05) is 30.3 Å². The number of piperidine rings is 1. The Kier molecular flexibility index (Phi) is 3.74. The topological polar surface area (TPSA) is 40.5 Å². The molecule has 1 heterocycles. The van der Waals surface area contributed by atoms with E-state index in [-0.39, 0.29) is 6.54 Å². The van der Waals surface area contributed by atoms with Crippen LogP contribution < -0.4 is 0 Å². The fourth-order valence-electron chi connectivity index (χ4n) is 2.27. The van der Waals surface area contributed by atoms with Gasteiger partial charge in [0.05, 0.1) is 0 Å². The molecule has 2 rings (SSSR count). The number of carboxylic acids is 1. The molecule has 0 saturated carbocycles. The summed E-state index contributed by atoms with van der Waals surface area (Å²) in [5.74, 6) is -0.854. The van der Waals surface area contributed by atoms with Crippen LogP contribution in [0.4, 0.5) is 4.39 Å². The molecule has 0 bridgehead atoms. The number of halogens is 1. The Balaban J connectivity index is 2.08. The molecule has 0 radical (unpaired) electrons. The van der Waals surface area contributed by atoms with Crippen molar-refractivity contribution in [3.63, 3.8) is 0 Å². The molecule has 1 aliphatic rings. The normalized spacial score (nSPS) is 25.7. The van der Waals surface area contributed by atoms with E-state index in [1.54, 1.807) is 4.90 Å². The third kappa shape index (κ3) is 3.03. The van der Waals surface area contributed by atoms with Gasteiger partial charge in [-0.2, -0.15) is 0 Å². The lowest BCUT2D eigenvalue weighted by Crippen LogP contribution is -2.47. The van der Waals surface area contributed by atoms with Gasteiger partial charge in [0, 0.05) is 13.1 Å². The van der Waals surface area contributed by atoms with Crippen molar-refractivity contribution >= 4 is 5.97 Å². The van der Waals surface area contributed by atoms with Crippen molar-refractivity contribution in [2.24, 2.45) is 0 Å². The van der Waals surface area contributed by atoms with Gasteiger partial charge in [0.1, 0.15) is 12.2 Å². The van der Waals surface area contributed by atoms with E-state index in [9.17, 15) is 9.18 Å². The number of carboxylic acid groups (broad SMARTS) is 1. The summed E-state index contributed by atoms with van der Waals surface area (Å²) in [5.41, 5.74) is 1.02. The maximum atomic E-state index is 13.3. The molecular weight excluding hydrogens is 221 g/mol. The highest BCUT2D eigenvalue weighted by Crippen LogP contribution is 2.21. The molecule has 2 atom stereocenters. The van der Waals surface area contributed by atoms with Crippen molar-refractivity contribution in [2.75, 3.05) is 6.54 Å². The second-order valence-electron chi connectivity index (χ2n) is 4.44. The number of hydrogen-bond acceptors (Lipinski definition) is 2. The van der Waals surface area contributed by atoms with E-state index >= 15 is 0 Å². The van der Waals surface area contributed by atoms with Crippen LogP contribution >= 0.6 is 0 Å². The van der Waals surface area contributed by atoms with Crippen LogP contribution in [0, 0.1) is 0 Å². The fraction of sp³-hybridized carbons (Fsp3) is 0.462. The van der Waals surface area contributed by atoms with Crippen LogP contribution in [0.25, 0.3) is 0 Å². The molecule has 1 aliphatic heterocycles. The summed E-state index contributed by atoms with van der Waals surface area (Å²) in [7, 11) is 0. The van der Waals surface area contributed by atoms with E-state index in [0.29, 0.717) is 19.4 Å². The van der Waals surface area contributed by atoms with Gasteiger partial charge in [0.25, 0.3) is 0 Å². The summed E-state index contributed by atoms with van der Waals surface area (Å²) in [5, 5.41) is 9.11. The highest BCUT2D eigenvalue weighted by Gasteiger charge is 2.32. The van der Waals surface area contributed by atoms with Crippen LogP contribution in [0.2, 0.25) is 0 Å². The van der Waals surface area contributed by atoms with Crippen molar-refractivity contribution < 1.29 is 14.3 Å². The Morgan fingerprint density at radius 2 is 2.06 bits per heavy atom. The number of hydrogen-bond donors (Lipinski definition) is 1. The lowest BCUT2D eigenvalue weighted by atomic mass is 10.00. The highest BCUT2D eigenvalue weighted by atomic mass is 19.1. The average Bonchev–Trinajstić information content (AvgIpc) is 2.30. The summed E-state index contributed by atoms with van der Waals surface area (Å²) in [6, 6.07) is 9.03. The summed E-state index contributed by atoms with van der Waals surface area (Å²) in [4.78, 5) is 12.8. The Bertz CT molecular complexity index is 382. The van der Waals surface area contributed by atoms with Gasteiger partial charge in [-0.1, -0.05) is 30.3 Å². The summed E-state index contributed by atoms with van der Waals surface area (Å²) >= 11 is 0. The third-order valence-corrected chi connectivity index (χ3v) is 3.14. The molecule has 0 aliphatic carbocycles. The van der Waals surface area contributed by atoms with Crippen molar-refractivity contribution in [1.82, 2.24) is 4.90 Å². The molecule has 17 heavy (non-hydrogen) atoms. The van der Waals surface area contributed by atoms with Crippen LogP contribution in [-0.4, -0.2) is 34.7 Å². The Labute approximate surface area is 99.9 Å².